The van der Waals surface area contributed by atoms with Gasteiger partial charge in [-0.25, -0.2) is 0 Å². The second kappa shape index (κ2) is 7.95. The molecule has 2 aromatic carbocycles. The number of morpholine rings is 1. The molecule has 1 fully saturated rings. The van der Waals surface area contributed by atoms with Crippen molar-refractivity contribution >= 4 is 11.6 Å². The summed E-state index contributed by atoms with van der Waals surface area (Å²) in [7, 11) is 0. The van der Waals surface area contributed by atoms with E-state index >= 15 is 0 Å². The van der Waals surface area contributed by atoms with Gasteiger partial charge in [0.05, 0.1) is 19.3 Å². The maximum atomic E-state index is 12.4. The first-order valence-corrected chi connectivity index (χ1v) is 8.24. The molecular weight excluding hydrogens is 302 g/mol. The van der Waals surface area contributed by atoms with Crippen LogP contribution in [0.4, 0.5) is 5.69 Å². The van der Waals surface area contributed by atoms with Gasteiger partial charge in [0.15, 0.2) is 0 Å². The van der Waals surface area contributed by atoms with Crippen LogP contribution in [0, 0.1) is 0 Å². The Kier molecular flexibility index (Phi) is 5.46. The molecule has 0 aliphatic carbocycles. The fourth-order valence-corrected chi connectivity index (χ4v) is 2.95. The van der Waals surface area contributed by atoms with Crippen molar-refractivity contribution in [2.45, 2.75) is 6.04 Å². The fourth-order valence-electron chi connectivity index (χ4n) is 2.95. The van der Waals surface area contributed by atoms with Gasteiger partial charge >= 0.3 is 0 Å². The lowest BCUT2D eigenvalue weighted by atomic mass is 10.0. The summed E-state index contributed by atoms with van der Waals surface area (Å²) < 4.78 is 5.45. The number of anilines is 1. The van der Waals surface area contributed by atoms with E-state index in [4.69, 9.17) is 10.5 Å². The Morgan fingerprint density at radius 2 is 1.75 bits per heavy atom. The van der Waals surface area contributed by atoms with Gasteiger partial charge < -0.3 is 15.8 Å². The average Bonchev–Trinajstić information content (AvgIpc) is 2.64. The first-order valence-electron chi connectivity index (χ1n) is 8.24. The highest BCUT2D eigenvalue weighted by molar-refractivity contribution is 5.94. The number of nitrogens with zero attached hydrogens (tertiary/aromatic N) is 1. The number of nitrogens with one attached hydrogen (secondary N) is 1. The highest BCUT2D eigenvalue weighted by Crippen LogP contribution is 2.21. The number of carbonyl (C=O) groups excluding carboxylic acids is 1. The number of benzene rings is 2. The first-order chi connectivity index (χ1) is 11.7. The zero-order valence-corrected chi connectivity index (χ0v) is 13.7. The van der Waals surface area contributed by atoms with Gasteiger partial charge in [0.1, 0.15) is 0 Å². The van der Waals surface area contributed by atoms with Gasteiger partial charge in [-0.1, -0.05) is 30.3 Å². The van der Waals surface area contributed by atoms with E-state index in [0.717, 1.165) is 26.3 Å². The Bertz CT molecular complexity index is 652. The summed E-state index contributed by atoms with van der Waals surface area (Å²) in [6.45, 7) is 3.77. The Balaban J connectivity index is 1.69. The molecule has 2 aromatic rings. The van der Waals surface area contributed by atoms with Gasteiger partial charge in [-0.15, -0.1) is 0 Å². The van der Waals surface area contributed by atoms with Crippen LogP contribution in [0.3, 0.4) is 0 Å². The molecule has 0 bridgehead atoms. The van der Waals surface area contributed by atoms with Gasteiger partial charge in [0.25, 0.3) is 5.91 Å². The Morgan fingerprint density at radius 1 is 1.08 bits per heavy atom. The van der Waals surface area contributed by atoms with E-state index < -0.39 is 0 Å². The monoisotopic (exact) mass is 325 g/mol. The predicted molar refractivity (Wildman–Crippen MR) is 94.8 cm³/mol. The molecule has 0 saturated carbocycles. The molecular formula is C19H23N3O2. The molecule has 1 heterocycles. The first kappa shape index (κ1) is 16.5. The largest absolute Gasteiger partial charge is 0.399 e. The smallest absolute Gasteiger partial charge is 0.251 e. The molecule has 0 spiro atoms. The molecule has 5 nitrogen and oxygen atoms in total. The zero-order valence-electron chi connectivity index (χ0n) is 13.7. The Hall–Kier alpha value is -2.37. The minimum absolute atomic E-state index is 0.0795. The van der Waals surface area contributed by atoms with Crippen molar-refractivity contribution in [3.63, 3.8) is 0 Å². The Morgan fingerprint density at radius 3 is 2.42 bits per heavy atom. The van der Waals surface area contributed by atoms with Gasteiger partial charge in [-0.05, 0) is 29.8 Å². The molecule has 0 radical (unpaired) electrons. The van der Waals surface area contributed by atoms with E-state index in [1.807, 2.05) is 18.2 Å². The van der Waals surface area contributed by atoms with Crippen molar-refractivity contribution in [2.24, 2.45) is 0 Å². The summed E-state index contributed by atoms with van der Waals surface area (Å²) in [5.74, 6) is -0.0795. The van der Waals surface area contributed by atoms with Crippen LogP contribution in [0.25, 0.3) is 0 Å². The van der Waals surface area contributed by atoms with Crippen LogP contribution < -0.4 is 11.1 Å². The molecule has 1 unspecified atom stereocenters. The summed E-state index contributed by atoms with van der Waals surface area (Å²) >= 11 is 0. The summed E-state index contributed by atoms with van der Waals surface area (Å²) in [6.07, 6.45) is 0. The van der Waals surface area contributed by atoms with Crippen LogP contribution in [-0.4, -0.2) is 43.7 Å². The molecule has 3 rings (SSSR count). The van der Waals surface area contributed by atoms with Gasteiger partial charge in [-0.3, -0.25) is 9.69 Å². The quantitative estimate of drug-likeness (QED) is 0.826. The topological polar surface area (TPSA) is 67.6 Å². The minimum atomic E-state index is -0.0795. The number of hydrogen-bond donors (Lipinski definition) is 2. The average molecular weight is 325 g/mol. The van der Waals surface area contributed by atoms with Crippen molar-refractivity contribution in [1.29, 1.82) is 0 Å². The highest BCUT2D eigenvalue weighted by Gasteiger charge is 2.23. The standard InChI is InChI=1S/C19H23N3O2/c20-17-8-6-16(7-9-17)19(23)21-14-18(15-4-2-1-3-5-15)22-10-12-24-13-11-22/h1-9,18H,10-14,20H2,(H,21,23). The number of rotatable bonds is 5. The van der Waals surface area contributed by atoms with Crippen molar-refractivity contribution in [2.75, 3.05) is 38.6 Å². The van der Waals surface area contributed by atoms with E-state index in [9.17, 15) is 4.79 Å². The minimum Gasteiger partial charge on any atom is -0.399 e. The third-order valence-corrected chi connectivity index (χ3v) is 4.30. The van der Waals surface area contributed by atoms with E-state index in [1.165, 1.54) is 5.56 Å². The van der Waals surface area contributed by atoms with E-state index in [0.29, 0.717) is 17.8 Å². The van der Waals surface area contributed by atoms with E-state index in [2.05, 4.69) is 22.3 Å². The van der Waals surface area contributed by atoms with Crippen LogP contribution in [0.5, 0.6) is 0 Å². The second-order valence-corrected chi connectivity index (χ2v) is 5.91. The molecule has 126 valence electrons. The number of amides is 1. The maximum absolute atomic E-state index is 12.4. The molecule has 1 aliphatic rings. The third kappa shape index (κ3) is 4.13. The van der Waals surface area contributed by atoms with E-state index in [-0.39, 0.29) is 11.9 Å². The molecule has 1 atom stereocenters. The van der Waals surface area contributed by atoms with Crippen molar-refractivity contribution in [3.8, 4) is 0 Å². The van der Waals surface area contributed by atoms with Crippen molar-refractivity contribution in [1.82, 2.24) is 10.2 Å². The van der Waals surface area contributed by atoms with Crippen LogP contribution in [0.1, 0.15) is 22.0 Å². The molecule has 0 aromatic heterocycles. The number of nitrogens with two attached hydrogens (primary N) is 1. The third-order valence-electron chi connectivity index (χ3n) is 4.30. The predicted octanol–water partition coefficient (Wildman–Crippen LogP) is 2.07. The number of nitrogen functional groups attached to an aromatic ring is 1. The summed E-state index contributed by atoms with van der Waals surface area (Å²) in [4.78, 5) is 14.7. The van der Waals surface area contributed by atoms with Gasteiger partial charge in [0, 0.05) is 30.9 Å². The van der Waals surface area contributed by atoms with Crippen LogP contribution >= 0.6 is 0 Å². The lowest BCUT2D eigenvalue weighted by Gasteiger charge is -2.35. The fraction of sp³-hybridized carbons (Fsp3) is 0.316. The summed E-state index contributed by atoms with van der Waals surface area (Å²) in [5, 5.41) is 3.05. The number of ether oxygens (including phenoxy) is 1. The van der Waals surface area contributed by atoms with Gasteiger partial charge in [0.2, 0.25) is 0 Å². The molecule has 1 aliphatic heterocycles. The Labute approximate surface area is 142 Å². The molecule has 3 N–H and O–H groups in total. The molecule has 5 heteroatoms. The lowest BCUT2D eigenvalue weighted by Crippen LogP contribution is -2.43. The zero-order chi connectivity index (χ0) is 16.8. The SMILES string of the molecule is Nc1ccc(C(=O)NCC(c2ccccc2)N2CCOCC2)cc1. The highest BCUT2D eigenvalue weighted by atomic mass is 16.5. The maximum Gasteiger partial charge on any atom is 0.251 e. The summed E-state index contributed by atoms with van der Waals surface area (Å²) in [6, 6.07) is 17.4. The van der Waals surface area contributed by atoms with Crippen LogP contribution in [0.15, 0.2) is 54.6 Å². The molecule has 1 saturated heterocycles. The normalized spacial score (nSPS) is 16.5. The van der Waals surface area contributed by atoms with Crippen molar-refractivity contribution < 1.29 is 9.53 Å². The van der Waals surface area contributed by atoms with Crippen molar-refractivity contribution in [3.05, 3.63) is 65.7 Å². The second-order valence-electron chi connectivity index (χ2n) is 5.91. The van der Waals surface area contributed by atoms with Crippen LogP contribution in [0.2, 0.25) is 0 Å². The number of hydrogen-bond acceptors (Lipinski definition) is 4. The molecule has 24 heavy (non-hydrogen) atoms. The van der Waals surface area contributed by atoms with Crippen LogP contribution in [-0.2, 0) is 4.74 Å². The van der Waals surface area contributed by atoms with E-state index in [1.54, 1.807) is 24.3 Å². The van der Waals surface area contributed by atoms with Gasteiger partial charge in [-0.2, -0.15) is 0 Å². The lowest BCUT2D eigenvalue weighted by molar-refractivity contribution is 0.0162. The number of carbonyl (C=O) groups is 1. The summed E-state index contributed by atoms with van der Waals surface area (Å²) in [5.41, 5.74) is 8.16. The molecule has 1 amide bonds.